The van der Waals surface area contributed by atoms with Gasteiger partial charge in [0.1, 0.15) is 10.0 Å². The fourth-order valence-corrected chi connectivity index (χ4v) is 4.82. The molecule has 4 rings (SSSR count). The minimum absolute atomic E-state index is 0. The third-order valence-corrected chi connectivity index (χ3v) is 7.30. The van der Waals surface area contributed by atoms with E-state index in [0.717, 1.165) is 11.1 Å². The first-order valence-electron chi connectivity index (χ1n) is 13.0. The summed E-state index contributed by atoms with van der Waals surface area (Å²) in [6.45, 7) is 8.44. The molecule has 1 N–H and O–H groups in total. The SMILES string of the molecule is Cc1ccc(C(C)C)cc1.Cc1ccc(S(=O)(=O)[N-][C@@H](c2ccccc2)[C@@H]([NH-])c2ccccc2)cc1.F[B-](F)(F)F.[Ru+3]. The summed E-state index contributed by atoms with van der Waals surface area (Å²) in [5.41, 5.74) is 13.8. The number of hydrogen-bond acceptors (Lipinski definition) is 2. The van der Waals surface area contributed by atoms with Gasteiger partial charge in [0.25, 0.3) is 0 Å². The van der Waals surface area contributed by atoms with Crippen LogP contribution in [-0.4, -0.2) is 15.7 Å². The van der Waals surface area contributed by atoms with Crippen LogP contribution in [0.15, 0.2) is 114 Å². The van der Waals surface area contributed by atoms with Crippen molar-refractivity contribution in [3.8, 4) is 0 Å². The largest absolute Gasteiger partial charge is 3.00 e. The number of rotatable bonds is 7. The van der Waals surface area contributed by atoms with Gasteiger partial charge in [0, 0.05) is 4.90 Å². The maximum Gasteiger partial charge on any atom is 3.00 e. The summed E-state index contributed by atoms with van der Waals surface area (Å²) >= 11 is 0. The minimum atomic E-state index is -6.00. The molecule has 11 heteroatoms. The zero-order valence-electron chi connectivity index (χ0n) is 23.7. The Kier molecular flexibility index (Phi) is 15.3. The molecule has 225 valence electrons. The zero-order chi connectivity index (χ0) is 30.6. The number of nitrogens with zero attached hydrogens (tertiary/aromatic N) is 1. The van der Waals surface area contributed by atoms with Crippen molar-refractivity contribution in [1.29, 1.82) is 0 Å². The van der Waals surface area contributed by atoms with Crippen molar-refractivity contribution in [3.05, 3.63) is 147 Å². The molecule has 0 heterocycles. The first kappa shape index (κ1) is 37.2. The maximum absolute atomic E-state index is 12.8. The second-order valence-corrected chi connectivity index (χ2v) is 11.3. The molecule has 0 amide bonds. The molecular weight excluding hydrogens is 652 g/mol. The number of halogens is 4. The molecule has 4 aromatic rings. The Balaban J connectivity index is 0.000000456. The predicted octanol–water partition coefficient (Wildman–Crippen LogP) is 10.0. The van der Waals surface area contributed by atoms with E-state index in [2.05, 4.69) is 49.8 Å². The number of benzene rings is 4. The standard InChI is InChI=1S/C21H20N2O2S.C10H14.BF4.Ru/c1-16-12-14-19(15-13-16)26(24,25)23-21(18-10-6-3-7-11-18)20(22)17-8-4-2-5-9-17;1-8(2)10-6-4-9(3)5-7-10;2-1(3,4)5;/h2-15,20-22H,1H3;4-8H,1-3H3;;/q-2;;-1;+3/t20-,21-;;;/m0.../s1. The van der Waals surface area contributed by atoms with Gasteiger partial charge in [-0.25, -0.2) is 8.42 Å². The van der Waals surface area contributed by atoms with Crippen molar-refractivity contribution in [2.45, 2.75) is 50.6 Å². The Bertz CT molecular complexity index is 1420. The third kappa shape index (κ3) is 13.4. The molecule has 0 aromatic heterocycles. The Labute approximate surface area is 259 Å². The molecule has 4 nitrogen and oxygen atoms in total. The van der Waals surface area contributed by atoms with Crippen molar-refractivity contribution in [3.63, 3.8) is 0 Å². The maximum atomic E-state index is 12.8. The number of aryl methyl sites for hydroxylation is 2. The Morgan fingerprint density at radius 1 is 0.643 bits per heavy atom. The normalized spacial score (nSPS) is 12.5. The molecule has 42 heavy (non-hydrogen) atoms. The molecule has 0 bridgehead atoms. The van der Waals surface area contributed by atoms with E-state index >= 15 is 0 Å². The van der Waals surface area contributed by atoms with Crippen molar-refractivity contribution in [2.24, 2.45) is 0 Å². The predicted molar refractivity (Wildman–Crippen MR) is 160 cm³/mol. The summed E-state index contributed by atoms with van der Waals surface area (Å²) < 4.78 is 68.8. The van der Waals surface area contributed by atoms with Gasteiger partial charge in [0.2, 0.25) is 0 Å². The molecule has 0 aliphatic rings. The van der Waals surface area contributed by atoms with Crippen LogP contribution >= 0.6 is 0 Å². The molecule has 0 aliphatic heterocycles. The fraction of sp³-hybridized carbons (Fsp3) is 0.226. The van der Waals surface area contributed by atoms with Crippen LogP contribution in [0.1, 0.15) is 59.7 Å². The Hall–Kier alpha value is -2.84. The van der Waals surface area contributed by atoms with Gasteiger partial charge in [-0.1, -0.05) is 133 Å². The van der Waals surface area contributed by atoms with Crippen LogP contribution < -0.4 is 0 Å². The third-order valence-electron chi connectivity index (χ3n) is 5.93. The molecular formula is C31H34BF4N2O2RuS. The molecule has 0 spiro atoms. The van der Waals surface area contributed by atoms with Gasteiger partial charge in [-0.2, -0.15) is 0 Å². The monoisotopic (exact) mass is 687 g/mol. The molecule has 2 atom stereocenters. The fourth-order valence-electron chi connectivity index (χ4n) is 3.68. The van der Waals surface area contributed by atoms with Crippen LogP contribution in [0.25, 0.3) is 10.5 Å². The van der Waals surface area contributed by atoms with Gasteiger partial charge in [0.15, 0.2) is 0 Å². The van der Waals surface area contributed by atoms with E-state index in [4.69, 9.17) is 5.73 Å². The van der Waals surface area contributed by atoms with Crippen molar-refractivity contribution in [1.82, 2.24) is 0 Å². The first-order valence-corrected chi connectivity index (χ1v) is 14.4. The average molecular weight is 687 g/mol. The van der Waals surface area contributed by atoms with Crippen molar-refractivity contribution >= 4 is 17.3 Å². The number of hydrogen-bond donors (Lipinski definition) is 0. The minimum Gasteiger partial charge on any atom is -0.672 e. The van der Waals surface area contributed by atoms with E-state index in [-0.39, 0.29) is 24.4 Å². The second kappa shape index (κ2) is 17.3. The van der Waals surface area contributed by atoms with E-state index < -0.39 is 29.4 Å². The second-order valence-electron chi connectivity index (χ2n) is 9.70. The Morgan fingerprint density at radius 3 is 1.43 bits per heavy atom. The molecule has 0 fully saturated rings. The van der Waals surface area contributed by atoms with Crippen LogP contribution in [-0.2, 0) is 29.5 Å². The van der Waals surface area contributed by atoms with Gasteiger partial charge in [-0.3, -0.25) is 0 Å². The van der Waals surface area contributed by atoms with Gasteiger partial charge >= 0.3 is 26.7 Å². The molecule has 0 saturated heterocycles. The van der Waals surface area contributed by atoms with Gasteiger partial charge in [-0.15, -0.1) is 12.1 Å². The van der Waals surface area contributed by atoms with Crippen molar-refractivity contribution in [2.75, 3.05) is 0 Å². The molecule has 4 aromatic carbocycles. The number of nitrogens with one attached hydrogen (secondary N) is 1. The quantitative estimate of drug-likeness (QED) is 0.143. The molecule has 0 aliphatic carbocycles. The smallest absolute Gasteiger partial charge is 0.672 e. The molecule has 0 saturated carbocycles. The summed E-state index contributed by atoms with van der Waals surface area (Å²) in [7, 11) is -9.87. The van der Waals surface area contributed by atoms with Crippen LogP contribution in [0, 0.1) is 13.8 Å². The van der Waals surface area contributed by atoms with Gasteiger partial charge in [0.05, 0.1) is 0 Å². The van der Waals surface area contributed by atoms with Crippen LogP contribution in [0.5, 0.6) is 0 Å². The van der Waals surface area contributed by atoms with Crippen LogP contribution in [0.4, 0.5) is 17.3 Å². The summed E-state index contributed by atoms with van der Waals surface area (Å²) in [4.78, 5) is 0.143. The number of sulfonamides is 1. The van der Waals surface area contributed by atoms with Gasteiger partial charge < -0.3 is 27.7 Å². The molecule has 0 unspecified atom stereocenters. The van der Waals surface area contributed by atoms with Crippen LogP contribution in [0.2, 0.25) is 0 Å². The van der Waals surface area contributed by atoms with E-state index in [0.29, 0.717) is 11.5 Å². The zero-order valence-corrected chi connectivity index (χ0v) is 26.3. The van der Waals surface area contributed by atoms with E-state index in [1.165, 1.54) is 11.1 Å². The Morgan fingerprint density at radius 2 is 1.02 bits per heavy atom. The summed E-state index contributed by atoms with van der Waals surface area (Å²) in [6.07, 6.45) is 0. The van der Waals surface area contributed by atoms with Gasteiger partial charge in [-0.05, 0) is 37.5 Å². The summed E-state index contributed by atoms with van der Waals surface area (Å²) in [5.74, 6) is 0.653. The van der Waals surface area contributed by atoms with Crippen LogP contribution in [0.3, 0.4) is 0 Å². The van der Waals surface area contributed by atoms with E-state index in [9.17, 15) is 25.7 Å². The van der Waals surface area contributed by atoms with E-state index in [1.807, 2.05) is 67.6 Å². The molecule has 1 radical (unpaired) electrons. The summed E-state index contributed by atoms with van der Waals surface area (Å²) in [5, 5.41) is 0. The average Bonchev–Trinajstić information content (AvgIpc) is 2.92. The van der Waals surface area contributed by atoms with E-state index in [1.54, 1.807) is 24.3 Å². The topological polar surface area (TPSA) is 72.0 Å². The van der Waals surface area contributed by atoms with Crippen molar-refractivity contribution < 1.29 is 45.2 Å². The summed E-state index contributed by atoms with van der Waals surface area (Å²) in [6, 6.07) is 32.0. The first-order chi connectivity index (χ1) is 19.2.